The molecule has 6 nitrogen and oxygen atoms in total. The standard InChI is InChI=1S/C9H11N3O3/c1-5-2-7(10)8(12(14)15)3-6(5)4-9(11)13/h2-3H,4,10H2,1H3,(H2,11,13). The van der Waals surface area contributed by atoms with Gasteiger partial charge in [-0.05, 0) is 24.1 Å². The minimum Gasteiger partial charge on any atom is -0.393 e. The zero-order valence-electron chi connectivity index (χ0n) is 8.19. The summed E-state index contributed by atoms with van der Waals surface area (Å²) in [5.41, 5.74) is 11.6. The Kier molecular flexibility index (Phi) is 2.89. The molecule has 1 aromatic rings. The van der Waals surface area contributed by atoms with E-state index in [2.05, 4.69) is 0 Å². The first-order valence-corrected chi connectivity index (χ1v) is 4.23. The molecule has 4 N–H and O–H groups in total. The van der Waals surface area contributed by atoms with Crippen molar-refractivity contribution in [1.82, 2.24) is 0 Å². The molecule has 0 fully saturated rings. The van der Waals surface area contributed by atoms with Gasteiger partial charge in [0.05, 0.1) is 11.3 Å². The molecule has 0 aliphatic rings. The SMILES string of the molecule is Cc1cc(N)c([N+](=O)[O-])cc1CC(N)=O. The number of carbonyl (C=O) groups is 1. The lowest BCUT2D eigenvalue weighted by atomic mass is 10.0. The van der Waals surface area contributed by atoms with Gasteiger partial charge in [0, 0.05) is 6.07 Å². The predicted octanol–water partition coefficient (Wildman–Crippen LogP) is 0.513. The van der Waals surface area contributed by atoms with Crippen LogP contribution in [0, 0.1) is 17.0 Å². The summed E-state index contributed by atoms with van der Waals surface area (Å²) in [5, 5.41) is 10.6. The Balaban J connectivity index is 3.23. The van der Waals surface area contributed by atoms with Gasteiger partial charge in [0.15, 0.2) is 0 Å². The van der Waals surface area contributed by atoms with Crippen LogP contribution in [0.15, 0.2) is 12.1 Å². The van der Waals surface area contributed by atoms with Crippen molar-refractivity contribution < 1.29 is 9.72 Å². The number of primary amides is 1. The van der Waals surface area contributed by atoms with Gasteiger partial charge in [0.25, 0.3) is 5.69 Å². The molecule has 0 atom stereocenters. The van der Waals surface area contributed by atoms with Crippen molar-refractivity contribution in [3.8, 4) is 0 Å². The second kappa shape index (κ2) is 3.95. The Morgan fingerprint density at radius 3 is 2.60 bits per heavy atom. The minimum absolute atomic E-state index is 0.0209. The molecular weight excluding hydrogens is 198 g/mol. The lowest BCUT2D eigenvalue weighted by molar-refractivity contribution is -0.384. The minimum atomic E-state index is -0.584. The molecule has 0 aliphatic heterocycles. The second-order valence-electron chi connectivity index (χ2n) is 3.24. The van der Waals surface area contributed by atoms with E-state index < -0.39 is 10.8 Å². The number of carbonyl (C=O) groups excluding carboxylic acids is 1. The number of nitrogens with two attached hydrogens (primary N) is 2. The van der Waals surface area contributed by atoms with E-state index in [0.29, 0.717) is 5.56 Å². The lowest BCUT2D eigenvalue weighted by Gasteiger charge is -2.05. The van der Waals surface area contributed by atoms with E-state index in [4.69, 9.17) is 11.5 Å². The van der Waals surface area contributed by atoms with E-state index in [-0.39, 0.29) is 17.8 Å². The summed E-state index contributed by atoms with van der Waals surface area (Å²) in [6.07, 6.45) is -0.0209. The molecule has 0 radical (unpaired) electrons. The number of nitro benzene ring substituents is 1. The Morgan fingerprint density at radius 2 is 2.13 bits per heavy atom. The van der Waals surface area contributed by atoms with Crippen molar-refractivity contribution >= 4 is 17.3 Å². The number of benzene rings is 1. The summed E-state index contributed by atoms with van der Waals surface area (Å²) < 4.78 is 0. The number of amides is 1. The summed E-state index contributed by atoms with van der Waals surface area (Å²) in [4.78, 5) is 20.7. The van der Waals surface area contributed by atoms with E-state index in [9.17, 15) is 14.9 Å². The average Bonchev–Trinajstić information content (AvgIpc) is 2.08. The smallest absolute Gasteiger partial charge is 0.292 e. The van der Waals surface area contributed by atoms with Gasteiger partial charge in [-0.25, -0.2) is 0 Å². The topological polar surface area (TPSA) is 112 Å². The van der Waals surface area contributed by atoms with E-state index in [1.165, 1.54) is 12.1 Å². The Hall–Kier alpha value is -2.11. The fourth-order valence-corrected chi connectivity index (χ4v) is 1.30. The summed E-state index contributed by atoms with van der Waals surface area (Å²) in [6, 6.07) is 2.76. The molecule has 0 aliphatic carbocycles. The van der Waals surface area contributed by atoms with Gasteiger partial charge in [-0.3, -0.25) is 14.9 Å². The molecule has 0 unspecified atom stereocenters. The second-order valence-corrected chi connectivity index (χ2v) is 3.24. The van der Waals surface area contributed by atoms with Gasteiger partial charge < -0.3 is 11.5 Å². The Bertz CT molecular complexity index is 429. The maximum absolute atomic E-state index is 10.7. The number of nitro groups is 1. The highest BCUT2D eigenvalue weighted by Crippen LogP contribution is 2.25. The molecule has 0 bridgehead atoms. The first kappa shape index (κ1) is 11.0. The van der Waals surface area contributed by atoms with Crippen LogP contribution >= 0.6 is 0 Å². The molecule has 0 saturated carbocycles. The molecule has 1 rings (SSSR count). The summed E-state index contributed by atoms with van der Waals surface area (Å²) in [6.45, 7) is 1.72. The van der Waals surface area contributed by atoms with Gasteiger partial charge in [-0.1, -0.05) is 0 Å². The Morgan fingerprint density at radius 1 is 1.53 bits per heavy atom. The third kappa shape index (κ3) is 2.43. The molecule has 80 valence electrons. The van der Waals surface area contributed by atoms with Gasteiger partial charge in [0.2, 0.25) is 5.91 Å². The van der Waals surface area contributed by atoms with Crippen LogP contribution in [-0.4, -0.2) is 10.8 Å². The zero-order chi connectivity index (χ0) is 11.6. The fourth-order valence-electron chi connectivity index (χ4n) is 1.30. The van der Waals surface area contributed by atoms with Crippen LogP contribution in [0.2, 0.25) is 0 Å². The number of hydrogen-bond donors (Lipinski definition) is 2. The van der Waals surface area contributed by atoms with Crippen molar-refractivity contribution in [2.24, 2.45) is 5.73 Å². The highest BCUT2D eigenvalue weighted by atomic mass is 16.6. The van der Waals surface area contributed by atoms with Crippen molar-refractivity contribution in [3.63, 3.8) is 0 Å². The van der Waals surface area contributed by atoms with Crippen LogP contribution < -0.4 is 11.5 Å². The van der Waals surface area contributed by atoms with Crippen LogP contribution in [-0.2, 0) is 11.2 Å². The molecule has 0 aromatic heterocycles. The quantitative estimate of drug-likeness (QED) is 0.429. The zero-order valence-corrected chi connectivity index (χ0v) is 8.19. The van der Waals surface area contributed by atoms with Crippen molar-refractivity contribution in [3.05, 3.63) is 33.4 Å². The average molecular weight is 209 g/mol. The van der Waals surface area contributed by atoms with Crippen LogP contribution in [0.1, 0.15) is 11.1 Å². The highest BCUT2D eigenvalue weighted by molar-refractivity contribution is 5.78. The van der Waals surface area contributed by atoms with Crippen LogP contribution in [0.3, 0.4) is 0 Å². The van der Waals surface area contributed by atoms with Gasteiger partial charge in [-0.2, -0.15) is 0 Å². The molecule has 0 heterocycles. The molecule has 6 heteroatoms. The molecule has 15 heavy (non-hydrogen) atoms. The third-order valence-corrected chi connectivity index (χ3v) is 2.05. The summed E-state index contributed by atoms with van der Waals surface area (Å²) in [5.74, 6) is -0.530. The number of nitrogen functional groups attached to an aromatic ring is 1. The van der Waals surface area contributed by atoms with Crippen LogP contribution in [0.25, 0.3) is 0 Å². The van der Waals surface area contributed by atoms with Crippen LogP contribution in [0.5, 0.6) is 0 Å². The Labute approximate surface area is 86.0 Å². The van der Waals surface area contributed by atoms with E-state index >= 15 is 0 Å². The maximum Gasteiger partial charge on any atom is 0.292 e. The predicted molar refractivity (Wildman–Crippen MR) is 55.1 cm³/mol. The van der Waals surface area contributed by atoms with E-state index in [1.54, 1.807) is 6.92 Å². The molecular formula is C9H11N3O3. The summed E-state index contributed by atoms with van der Waals surface area (Å²) in [7, 11) is 0. The van der Waals surface area contributed by atoms with Gasteiger partial charge in [0.1, 0.15) is 5.69 Å². The largest absolute Gasteiger partial charge is 0.393 e. The monoisotopic (exact) mass is 209 g/mol. The molecule has 1 amide bonds. The number of nitrogens with zero attached hydrogens (tertiary/aromatic N) is 1. The molecule has 0 saturated heterocycles. The normalized spacial score (nSPS) is 9.93. The van der Waals surface area contributed by atoms with Crippen molar-refractivity contribution in [1.29, 1.82) is 0 Å². The lowest BCUT2D eigenvalue weighted by Crippen LogP contribution is -2.14. The molecule has 0 spiro atoms. The van der Waals surface area contributed by atoms with Crippen LogP contribution in [0.4, 0.5) is 11.4 Å². The number of aryl methyl sites for hydroxylation is 1. The maximum atomic E-state index is 10.7. The van der Waals surface area contributed by atoms with Gasteiger partial charge in [-0.15, -0.1) is 0 Å². The van der Waals surface area contributed by atoms with Gasteiger partial charge >= 0.3 is 0 Å². The number of rotatable bonds is 3. The fraction of sp³-hybridized carbons (Fsp3) is 0.222. The van der Waals surface area contributed by atoms with E-state index in [0.717, 1.165) is 5.56 Å². The highest BCUT2D eigenvalue weighted by Gasteiger charge is 2.15. The molecule has 1 aromatic carbocycles. The van der Waals surface area contributed by atoms with Crippen molar-refractivity contribution in [2.75, 3.05) is 5.73 Å². The first-order valence-electron chi connectivity index (χ1n) is 4.23. The van der Waals surface area contributed by atoms with Crippen molar-refractivity contribution in [2.45, 2.75) is 13.3 Å². The summed E-state index contributed by atoms with van der Waals surface area (Å²) >= 11 is 0. The third-order valence-electron chi connectivity index (χ3n) is 2.05. The van der Waals surface area contributed by atoms with E-state index in [1.807, 2.05) is 0 Å². The number of anilines is 1. The number of hydrogen-bond acceptors (Lipinski definition) is 4. The first-order chi connectivity index (χ1) is 6.91.